The molecule has 0 amide bonds. The van der Waals surface area contributed by atoms with Gasteiger partial charge in [-0.15, -0.1) is 0 Å². The van der Waals surface area contributed by atoms with Crippen molar-refractivity contribution in [2.45, 2.75) is 136 Å². The number of carbonyl (C=O) groups is 1. The third-order valence-corrected chi connectivity index (χ3v) is 13.4. The molecule has 0 heterocycles. The van der Waals surface area contributed by atoms with Crippen LogP contribution in [0.15, 0.2) is 0 Å². The second-order valence-electron chi connectivity index (χ2n) is 15.1. The summed E-state index contributed by atoms with van der Waals surface area (Å²) >= 11 is 0. The molecule has 4 rings (SSSR count). The summed E-state index contributed by atoms with van der Waals surface area (Å²) in [5.74, 6) is 1.83. The molecule has 4 aliphatic rings. The van der Waals surface area contributed by atoms with Gasteiger partial charge in [0, 0.05) is 14.5 Å². The number of hydrogen-bond donors (Lipinski definition) is 3. The first-order valence-electron chi connectivity index (χ1n) is 14.9. The van der Waals surface area contributed by atoms with Crippen molar-refractivity contribution >= 4 is 14.0 Å². The van der Waals surface area contributed by atoms with E-state index in [-0.39, 0.29) is 47.1 Å². The van der Waals surface area contributed by atoms with Crippen molar-refractivity contribution in [2.24, 2.45) is 46.3 Å². The Hall–Kier alpha value is -0.433. The van der Waals surface area contributed by atoms with Gasteiger partial charge in [-0.3, -0.25) is 4.79 Å². The van der Waals surface area contributed by atoms with Gasteiger partial charge in [-0.2, -0.15) is 0 Å². The van der Waals surface area contributed by atoms with Crippen molar-refractivity contribution in [2.75, 3.05) is 0 Å². The Labute approximate surface area is 220 Å². The molecule has 4 aliphatic carbocycles. The minimum Gasteiger partial charge on any atom is -0.463 e. The summed E-state index contributed by atoms with van der Waals surface area (Å²) in [5.41, 5.74) is -0.112. The maximum atomic E-state index is 12.6. The van der Waals surface area contributed by atoms with Crippen molar-refractivity contribution in [3.05, 3.63) is 0 Å². The standard InChI is InChI=1S/C30H54O5Si/c1-18(8-11-27(34)35-19(2)17-36(5,6)7)22-9-10-23-28-24(16-26(33)30(22,23)4)29(3)13-12-21(31)14-20(29)15-25(28)32/h18-26,28,31-33H,8-17H2,1-7H3/t18?,19?,20?,21-,22?,23?,24?,25-,26+,28?,29?,30?/m1/s1. The number of ether oxygens (including phenoxy) is 1. The van der Waals surface area contributed by atoms with E-state index in [0.717, 1.165) is 57.4 Å². The second-order valence-corrected chi connectivity index (χ2v) is 20.6. The highest BCUT2D eigenvalue weighted by molar-refractivity contribution is 6.76. The molecule has 4 fully saturated rings. The summed E-state index contributed by atoms with van der Waals surface area (Å²) in [6.45, 7) is 15.9. The van der Waals surface area contributed by atoms with E-state index in [1.165, 1.54) is 0 Å². The molecule has 4 saturated carbocycles. The van der Waals surface area contributed by atoms with Crippen molar-refractivity contribution in [1.29, 1.82) is 0 Å². The highest BCUT2D eigenvalue weighted by atomic mass is 28.3. The van der Waals surface area contributed by atoms with Gasteiger partial charge in [0.25, 0.3) is 0 Å². The van der Waals surface area contributed by atoms with Gasteiger partial charge in [-0.1, -0.05) is 40.4 Å². The molecule has 5 nitrogen and oxygen atoms in total. The molecule has 0 saturated heterocycles. The average Bonchev–Trinajstić information content (AvgIpc) is 3.11. The van der Waals surface area contributed by atoms with Crippen LogP contribution in [-0.4, -0.2) is 53.8 Å². The monoisotopic (exact) mass is 522 g/mol. The van der Waals surface area contributed by atoms with Crippen LogP contribution in [0.4, 0.5) is 0 Å². The van der Waals surface area contributed by atoms with E-state index in [2.05, 4.69) is 40.4 Å². The number of carbonyl (C=O) groups excluding carboxylic acids is 1. The van der Waals surface area contributed by atoms with E-state index >= 15 is 0 Å². The molecule has 0 bridgehead atoms. The van der Waals surface area contributed by atoms with Crippen LogP contribution in [-0.2, 0) is 9.53 Å². The molecule has 3 N–H and O–H groups in total. The molecule has 36 heavy (non-hydrogen) atoms. The molecule has 0 radical (unpaired) electrons. The van der Waals surface area contributed by atoms with Crippen molar-refractivity contribution < 1.29 is 24.9 Å². The predicted molar refractivity (Wildman–Crippen MR) is 146 cm³/mol. The van der Waals surface area contributed by atoms with Crippen LogP contribution in [0.3, 0.4) is 0 Å². The molecule has 6 heteroatoms. The lowest BCUT2D eigenvalue weighted by atomic mass is 9.43. The molecule has 9 unspecified atom stereocenters. The Kier molecular flexibility index (Phi) is 8.15. The first kappa shape index (κ1) is 28.6. The van der Waals surface area contributed by atoms with Crippen LogP contribution < -0.4 is 0 Å². The number of esters is 1. The van der Waals surface area contributed by atoms with E-state index in [1.807, 2.05) is 6.92 Å². The zero-order valence-electron chi connectivity index (χ0n) is 24.0. The highest BCUT2D eigenvalue weighted by Gasteiger charge is 2.65. The van der Waals surface area contributed by atoms with Gasteiger partial charge in [0.1, 0.15) is 0 Å². The smallest absolute Gasteiger partial charge is 0.306 e. The van der Waals surface area contributed by atoms with Crippen molar-refractivity contribution in [1.82, 2.24) is 0 Å². The fourth-order valence-corrected chi connectivity index (χ4v) is 11.7. The molecule has 0 aromatic rings. The van der Waals surface area contributed by atoms with Crippen LogP contribution in [0, 0.1) is 46.3 Å². The minimum absolute atomic E-state index is 0.0103. The number of fused-ring (bicyclic) bond motifs is 5. The minimum atomic E-state index is -1.27. The number of rotatable bonds is 7. The third kappa shape index (κ3) is 5.22. The van der Waals surface area contributed by atoms with Gasteiger partial charge < -0.3 is 20.1 Å². The number of hydrogen-bond acceptors (Lipinski definition) is 5. The Balaban J connectivity index is 1.43. The van der Waals surface area contributed by atoms with Gasteiger partial charge in [0.05, 0.1) is 24.4 Å². The van der Waals surface area contributed by atoms with E-state index < -0.39 is 8.07 Å². The molecular weight excluding hydrogens is 468 g/mol. The summed E-state index contributed by atoms with van der Waals surface area (Å²) in [7, 11) is -1.27. The maximum absolute atomic E-state index is 12.6. The first-order valence-corrected chi connectivity index (χ1v) is 18.6. The topological polar surface area (TPSA) is 87.0 Å². The Morgan fingerprint density at radius 2 is 1.69 bits per heavy atom. The fraction of sp³-hybridized carbons (Fsp3) is 0.967. The van der Waals surface area contributed by atoms with Crippen LogP contribution >= 0.6 is 0 Å². The van der Waals surface area contributed by atoms with Gasteiger partial charge in [0.2, 0.25) is 0 Å². The van der Waals surface area contributed by atoms with E-state index in [4.69, 9.17) is 4.74 Å². The summed E-state index contributed by atoms with van der Waals surface area (Å²) < 4.78 is 5.74. The van der Waals surface area contributed by atoms with Gasteiger partial charge in [-0.25, -0.2) is 0 Å². The third-order valence-electron chi connectivity index (χ3n) is 11.6. The highest BCUT2D eigenvalue weighted by Crippen LogP contribution is 2.68. The van der Waals surface area contributed by atoms with Crippen molar-refractivity contribution in [3.63, 3.8) is 0 Å². The Morgan fingerprint density at radius 1 is 1.00 bits per heavy atom. The van der Waals surface area contributed by atoms with E-state index in [1.54, 1.807) is 0 Å². The van der Waals surface area contributed by atoms with Crippen LogP contribution in [0.1, 0.15) is 85.5 Å². The fourth-order valence-electron chi connectivity index (χ4n) is 9.87. The van der Waals surface area contributed by atoms with Gasteiger partial charge in [-0.05, 0) is 111 Å². The molecule has 0 aliphatic heterocycles. The predicted octanol–water partition coefficient (Wildman–Crippen LogP) is 5.63. The van der Waals surface area contributed by atoms with Gasteiger partial charge >= 0.3 is 5.97 Å². The average molecular weight is 523 g/mol. The quantitative estimate of drug-likeness (QED) is 0.298. The maximum Gasteiger partial charge on any atom is 0.306 e. The van der Waals surface area contributed by atoms with Crippen LogP contribution in [0.2, 0.25) is 25.7 Å². The Bertz CT molecular complexity index is 797. The Morgan fingerprint density at radius 3 is 2.36 bits per heavy atom. The number of aliphatic hydroxyl groups is 3. The van der Waals surface area contributed by atoms with Crippen LogP contribution in [0.25, 0.3) is 0 Å². The lowest BCUT2D eigenvalue weighted by Crippen LogP contribution is -2.62. The molecule has 0 aromatic carbocycles. The molecule has 0 spiro atoms. The summed E-state index contributed by atoms with van der Waals surface area (Å²) in [4.78, 5) is 12.6. The summed E-state index contributed by atoms with van der Waals surface area (Å²) in [5, 5.41) is 33.5. The summed E-state index contributed by atoms with van der Waals surface area (Å²) in [6, 6.07) is 0.993. The zero-order valence-corrected chi connectivity index (χ0v) is 25.0. The van der Waals surface area contributed by atoms with E-state index in [9.17, 15) is 20.1 Å². The molecule has 12 atom stereocenters. The lowest BCUT2D eigenvalue weighted by Gasteiger charge is -2.63. The van der Waals surface area contributed by atoms with Crippen LogP contribution in [0.5, 0.6) is 0 Å². The zero-order chi connectivity index (χ0) is 26.6. The largest absolute Gasteiger partial charge is 0.463 e. The molecular formula is C30H54O5Si. The summed E-state index contributed by atoms with van der Waals surface area (Å²) in [6.07, 6.45) is 6.58. The van der Waals surface area contributed by atoms with Crippen molar-refractivity contribution in [3.8, 4) is 0 Å². The van der Waals surface area contributed by atoms with E-state index in [0.29, 0.717) is 36.0 Å². The molecule has 0 aromatic heterocycles. The van der Waals surface area contributed by atoms with Gasteiger partial charge in [0.15, 0.2) is 0 Å². The molecule has 208 valence electrons. The number of aliphatic hydroxyl groups excluding tert-OH is 3. The second kappa shape index (κ2) is 10.3. The lowest BCUT2D eigenvalue weighted by molar-refractivity contribution is -0.207. The first-order chi connectivity index (χ1) is 16.7. The SMILES string of the molecule is CC(C[Si](C)(C)C)OC(=O)CCC(C)C1CCC2C3C(C[C@H](O)C12C)C1(C)CC[C@@H](O)CC1C[C@H]3O. The normalized spacial score (nSPS) is 46.3.